The van der Waals surface area contributed by atoms with Crippen LogP contribution in [0.15, 0.2) is 54.6 Å². The molecule has 0 radical (unpaired) electrons. The third kappa shape index (κ3) is 4.24. The van der Waals surface area contributed by atoms with Gasteiger partial charge in [-0.3, -0.25) is 9.69 Å². The fraction of sp³-hybridized carbons (Fsp3) is 0.381. The van der Waals surface area contributed by atoms with E-state index in [1.165, 1.54) is 12.0 Å². The minimum Gasteiger partial charge on any atom is -0.336 e. The fourth-order valence-electron chi connectivity index (χ4n) is 3.31. The van der Waals surface area contributed by atoms with Crippen molar-refractivity contribution in [3.05, 3.63) is 71.3 Å². The van der Waals surface area contributed by atoms with E-state index in [1.807, 2.05) is 36.1 Å². The number of hydrogen-bond acceptors (Lipinski definition) is 2. The van der Waals surface area contributed by atoms with Gasteiger partial charge in [-0.25, -0.2) is 0 Å². The molecule has 0 atom stereocenters. The molecule has 1 fully saturated rings. The average molecular weight is 322 g/mol. The maximum atomic E-state index is 12.6. The molecule has 3 heteroatoms. The zero-order valence-electron chi connectivity index (χ0n) is 14.4. The molecule has 0 spiro atoms. The number of carbonyl (C=O) groups is 1. The van der Waals surface area contributed by atoms with Gasteiger partial charge in [-0.2, -0.15) is 0 Å². The monoisotopic (exact) mass is 322 g/mol. The summed E-state index contributed by atoms with van der Waals surface area (Å²) in [4.78, 5) is 17.1. The molecular weight excluding hydrogens is 296 g/mol. The molecule has 0 unspecified atom stereocenters. The standard InChI is InChI=1S/C21H26N2O/c1-18-8-5-6-12-20(18)21(24)23-16-14-22(15-17-23)13-7-11-19-9-3-2-4-10-19/h2-6,8-10,12H,7,11,13-17H2,1H3. The molecule has 1 aliphatic heterocycles. The molecule has 1 heterocycles. The number of piperazine rings is 1. The van der Waals surface area contributed by atoms with Crippen LogP contribution in [0.5, 0.6) is 0 Å². The zero-order chi connectivity index (χ0) is 16.8. The van der Waals surface area contributed by atoms with Crippen LogP contribution in [0.4, 0.5) is 0 Å². The van der Waals surface area contributed by atoms with Crippen LogP contribution in [0.3, 0.4) is 0 Å². The quantitative estimate of drug-likeness (QED) is 0.842. The van der Waals surface area contributed by atoms with E-state index in [0.717, 1.165) is 50.3 Å². The van der Waals surface area contributed by atoms with E-state index in [-0.39, 0.29) is 5.91 Å². The maximum Gasteiger partial charge on any atom is 0.254 e. The second kappa shape index (κ2) is 8.11. The smallest absolute Gasteiger partial charge is 0.254 e. The van der Waals surface area contributed by atoms with Crippen LogP contribution in [0.2, 0.25) is 0 Å². The van der Waals surface area contributed by atoms with Crippen molar-refractivity contribution in [3.63, 3.8) is 0 Å². The minimum atomic E-state index is 0.178. The summed E-state index contributed by atoms with van der Waals surface area (Å²) in [6.07, 6.45) is 2.30. The summed E-state index contributed by atoms with van der Waals surface area (Å²) in [5.74, 6) is 0.178. The van der Waals surface area contributed by atoms with E-state index in [9.17, 15) is 4.79 Å². The van der Waals surface area contributed by atoms with Crippen molar-refractivity contribution in [2.24, 2.45) is 0 Å². The first kappa shape index (κ1) is 16.7. The predicted molar refractivity (Wildman–Crippen MR) is 98.3 cm³/mol. The van der Waals surface area contributed by atoms with Crippen LogP contribution in [0.25, 0.3) is 0 Å². The lowest BCUT2D eigenvalue weighted by molar-refractivity contribution is 0.0635. The Bertz CT molecular complexity index is 661. The highest BCUT2D eigenvalue weighted by Gasteiger charge is 2.22. The predicted octanol–water partition coefficient (Wildman–Crippen LogP) is 3.39. The summed E-state index contributed by atoms with van der Waals surface area (Å²) in [5, 5.41) is 0. The first-order valence-corrected chi connectivity index (χ1v) is 8.85. The van der Waals surface area contributed by atoms with Crippen molar-refractivity contribution in [2.75, 3.05) is 32.7 Å². The van der Waals surface area contributed by atoms with Crippen molar-refractivity contribution in [1.82, 2.24) is 9.80 Å². The Balaban J connectivity index is 1.44. The molecule has 126 valence electrons. The van der Waals surface area contributed by atoms with Crippen LogP contribution in [-0.2, 0) is 6.42 Å². The molecule has 2 aromatic rings. The van der Waals surface area contributed by atoms with Gasteiger partial charge in [0.25, 0.3) is 5.91 Å². The van der Waals surface area contributed by atoms with Gasteiger partial charge in [-0.1, -0.05) is 48.5 Å². The van der Waals surface area contributed by atoms with Crippen molar-refractivity contribution in [3.8, 4) is 0 Å². The van der Waals surface area contributed by atoms with Crippen LogP contribution in [0, 0.1) is 6.92 Å². The summed E-state index contributed by atoms with van der Waals surface area (Å²) in [6.45, 7) is 6.74. The fourth-order valence-corrected chi connectivity index (χ4v) is 3.31. The molecule has 1 saturated heterocycles. The molecular formula is C21H26N2O. The van der Waals surface area contributed by atoms with Gasteiger partial charge in [0.15, 0.2) is 0 Å². The molecule has 24 heavy (non-hydrogen) atoms. The van der Waals surface area contributed by atoms with Gasteiger partial charge >= 0.3 is 0 Å². The van der Waals surface area contributed by atoms with E-state index >= 15 is 0 Å². The summed E-state index contributed by atoms with van der Waals surface area (Å²) in [6, 6.07) is 18.5. The minimum absolute atomic E-state index is 0.178. The summed E-state index contributed by atoms with van der Waals surface area (Å²) in [5.41, 5.74) is 3.31. The SMILES string of the molecule is Cc1ccccc1C(=O)N1CCN(CCCc2ccccc2)CC1. The van der Waals surface area contributed by atoms with E-state index < -0.39 is 0 Å². The molecule has 0 bridgehead atoms. The van der Waals surface area contributed by atoms with Gasteiger partial charge in [0.2, 0.25) is 0 Å². The number of carbonyl (C=O) groups excluding carboxylic acids is 1. The number of hydrogen-bond donors (Lipinski definition) is 0. The second-order valence-corrected chi connectivity index (χ2v) is 6.54. The number of amides is 1. The van der Waals surface area contributed by atoms with Gasteiger partial charge in [0, 0.05) is 31.7 Å². The first-order chi connectivity index (χ1) is 11.7. The number of nitrogens with zero attached hydrogens (tertiary/aromatic N) is 2. The third-order valence-corrected chi connectivity index (χ3v) is 4.82. The molecule has 2 aromatic carbocycles. The summed E-state index contributed by atoms with van der Waals surface area (Å²) < 4.78 is 0. The van der Waals surface area contributed by atoms with Crippen LogP contribution in [-0.4, -0.2) is 48.4 Å². The van der Waals surface area contributed by atoms with Crippen LogP contribution in [0.1, 0.15) is 27.9 Å². The normalized spacial score (nSPS) is 15.5. The van der Waals surface area contributed by atoms with Gasteiger partial charge < -0.3 is 4.90 Å². The lowest BCUT2D eigenvalue weighted by Crippen LogP contribution is -2.49. The van der Waals surface area contributed by atoms with Crippen molar-refractivity contribution < 1.29 is 4.79 Å². The number of benzene rings is 2. The van der Waals surface area contributed by atoms with Gasteiger partial charge in [0.05, 0.1) is 0 Å². The summed E-state index contributed by atoms with van der Waals surface area (Å²) in [7, 11) is 0. The Morgan fingerprint density at radius 3 is 2.29 bits per heavy atom. The Hall–Kier alpha value is -2.13. The van der Waals surface area contributed by atoms with Crippen LogP contribution < -0.4 is 0 Å². The highest BCUT2D eigenvalue weighted by Crippen LogP contribution is 2.13. The van der Waals surface area contributed by atoms with E-state index in [0.29, 0.717) is 0 Å². The Kier molecular flexibility index (Phi) is 5.65. The lowest BCUT2D eigenvalue weighted by atomic mass is 10.1. The molecule has 3 nitrogen and oxygen atoms in total. The first-order valence-electron chi connectivity index (χ1n) is 8.85. The molecule has 3 rings (SSSR count). The summed E-state index contributed by atoms with van der Waals surface area (Å²) >= 11 is 0. The topological polar surface area (TPSA) is 23.6 Å². The van der Waals surface area contributed by atoms with E-state index in [4.69, 9.17) is 0 Å². The van der Waals surface area contributed by atoms with Gasteiger partial charge in [-0.05, 0) is 43.5 Å². The highest BCUT2D eigenvalue weighted by atomic mass is 16.2. The van der Waals surface area contributed by atoms with Gasteiger partial charge in [0.1, 0.15) is 0 Å². The third-order valence-electron chi connectivity index (χ3n) is 4.82. The van der Waals surface area contributed by atoms with Crippen molar-refractivity contribution in [1.29, 1.82) is 0 Å². The largest absolute Gasteiger partial charge is 0.336 e. The average Bonchev–Trinajstić information content (AvgIpc) is 2.63. The Morgan fingerprint density at radius 1 is 0.917 bits per heavy atom. The second-order valence-electron chi connectivity index (χ2n) is 6.54. The van der Waals surface area contributed by atoms with Gasteiger partial charge in [-0.15, -0.1) is 0 Å². The Labute approximate surface area is 144 Å². The zero-order valence-corrected chi connectivity index (χ0v) is 14.4. The van der Waals surface area contributed by atoms with E-state index in [1.54, 1.807) is 0 Å². The highest BCUT2D eigenvalue weighted by molar-refractivity contribution is 5.95. The molecule has 0 aromatic heterocycles. The number of rotatable bonds is 5. The molecule has 1 amide bonds. The van der Waals surface area contributed by atoms with Crippen molar-refractivity contribution in [2.45, 2.75) is 19.8 Å². The Morgan fingerprint density at radius 2 is 1.58 bits per heavy atom. The lowest BCUT2D eigenvalue weighted by Gasteiger charge is -2.35. The van der Waals surface area contributed by atoms with Crippen molar-refractivity contribution >= 4 is 5.91 Å². The molecule has 0 saturated carbocycles. The van der Waals surface area contributed by atoms with Crippen LogP contribution >= 0.6 is 0 Å². The maximum absolute atomic E-state index is 12.6. The number of aryl methyl sites for hydroxylation is 2. The van der Waals surface area contributed by atoms with E-state index in [2.05, 4.69) is 35.2 Å². The molecule has 0 N–H and O–H groups in total. The molecule has 0 aliphatic carbocycles. The molecule has 1 aliphatic rings.